The number of rotatable bonds is 10. The number of fused-ring (bicyclic) bond motifs is 1. The average Bonchev–Trinajstić information content (AvgIpc) is 3.73. The highest BCUT2D eigenvalue weighted by Gasteiger charge is 2.32. The normalized spacial score (nSPS) is 16.6. The quantitative estimate of drug-likeness (QED) is 0.413. The Bertz CT molecular complexity index is 1260. The number of nitrogens with zero attached hydrogens (tertiary/aromatic N) is 1. The van der Waals surface area contributed by atoms with Crippen LogP contribution in [0.3, 0.4) is 0 Å². The number of thiophene rings is 1. The lowest BCUT2D eigenvalue weighted by Gasteiger charge is -2.32. The van der Waals surface area contributed by atoms with E-state index >= 15 is 0 Å². The maximum atomic E-state index is 13.7. The van der Waals surface area contributed by atoms with E-state index in [2.05, 4.69) is 10.6 Å². The fourth-order valence-electron chi connectivity index (χ4n) is 4.54. The molecule has 1 fully saturated rings. The van der Waals surface area contributed by atoms with Gasteiger partial charge in [0.1, 0.15) is 6.04 Å². The lowest BCUT2D eigenvalue weighted by Crippen LogP contribution is -2.47. The first-order chi connectivity index (χ1) is 18.6. The topological polar surface area (TPSA) is 106 Å². The number of hydrogen-bond acceptors (Lipinski definition) is 7. The summed E-state index contributed by atoms with van der Waals surface area (Å²) in [5.74, 6) is 0.165. The van der Waals surface area contributed by atoms with Gasteiger partial charge in [0.15, 0.2) is 11.5 Å². The molecule has 0 spiro atoms. The third-order valence-corrected chi connectivity index (χ3v) is 7.33. The predicted molar refractivity (Wildman–Crippen MR) is 141 cm³/mol. The van der Waals surface area contributed by atoms with Gasteiger partial charge < -0.3 is 29.7 Å². The maximum Gasteiger partial charge on any atom is 0.261 e. The van der Waals surface area contributed by atoms with E-state index in [4.69, 9.17) is 14.2 Å². The molecular formula is C28H29N3O6S. The highest BCUT2D eigenvalue weighted by Crippen LogP contribution is 2.34. The third-order valence-electron chi connectivity index (χ3n) is 6.46. The van der Waals surface area contributed by atoms with E-state index in [1.54, 1.807) is 29.6 Å². The Kier molecular flexibility index (Phi) is 8.20. The monoisotopic (exact) mass is 535 g/mol. The Morgan fingerprint density at radius 2 is 1.84 bits per heavy atom. The van der Waals surface area contributed by atoms with Gasteiger partial charge in [-0.25, -0.2) is 0 Å². The number of ether oxygens (including phenoxy) is 3. The van der Waals surface area contributed by atoms with Crippen molar-refractivity contribution in [3.63, 3.8) is 0 Å². The molecule has 3 heterocycles. The molecule has 198 valence electrons. The van der Waals surface area contributed by atoms with Gasteiger partial charge in [-0.2, -0.15) is 0 Å². The standard InChI is InChI=1S/C28H29N3O6S/c32-25(16-30-27(33)24-9-5-13-38-24)31(17-19-10-11-22-23(14-19)37-18-36-22)26(20-6-2-1-3-7-20)28(34)29-15-21-8-4-12-35-21/h1-3,5-7,9-11,13-14,21,26H,4,8,12,15-18H2,(H,29,34)(H,30,33). The van der Waals surface area contributed by atoms with Crippen LogP contribution in [0, 0.1) is 0 Å². The van der Waals surface area contributed by atoms with Crippen molar-refractivity contribution in [3.05, 3.63) is 82.0 Å². The van der Waals surface area contributed by atoms with Gasteiger partial charge in [0.2, 0.25) is 18.6 Å². The summed E-state index contributed by atoms with van der Waals surface area (Å²) >= 11 is 1.29. The molecule has 2 aliphatic rings. The first kappa shape index (κ1) is 25.7. The molecule has 9 nitrogen and oxygen atoms in total. The van der Waals surface area contributed by atoms with Crippen LogP contribution >= 0.6 is 11.3 Å². The Balaban J connectivity index is 1.41. The summed E-state index contributed by atoms with van der Waals surface area (Å²) in [5, 5.41) is 7.48. The van der Waals surface area contributed by atoms with E-state index in [0.29, 0.717) is 35.1 Å². The molecule has 0 saturated carbocycles. The lowest BCUT2D eigenvalue weighted by molar-refractivity contribution is -0.141. The van der Waals surface area contributed by atoms with Gasteiger partial charge >= 0.3 is 0 Å². The first-order valence-electron chi connectivity index (χ1n) is 12.5. The minimum atomic E-state index is -0.922. The van der Waals surface area contributed by atoms with Gasteiger partial charge in [0, 0.05) is 19.7 Å². The molecule has 2 atom stereocenters. The molecule has 3 aromatic rings. The Hall–Kier alpha value is -3.89. The van der Waals surface area contributed by atoms with Crippen molar-refractivity contribution in [3.8, 4) is 11.5 Å². The summed E-state index contributed by atoms with van der Waals surface area (Å²) in [7, 11) is 0. The highest BCUT2D eigenvalue weighted by molar-refractivity contribution is 7.12. The molecule has 2 aromatic carbocycles. The molecular weight excluding hydrogens is 506 g/mol. The minimum absolute atomic E-state index is 0.0431. The van der Waals surface area contributed by atoms with Crippen LogP contribution < -0.4 is 20.1 Å². The Morgan fingerprint density at radius 1 is 1.00 bits per heavy atom. The maximum absolute atomic E-state index is 13.7. The molecule has 2 N–H and O–H groups in total. The molecule has 0 bridgehead atoms. The van der Waals surface area contributed by atoms with Gasteiger partial charge in [-0.3, -0.25) is 14.4 Å². The second kappa shape index (κ2) is 12.1. The summed E-state index contributed by atoms with van der Waals surface area (Å²) in [4.78, 5) is 41.9. The lowest BCUT2D eigenvalue weighted by atomic mass is 10.0. The van der Waals surface area contributed by atoms with Crippen molar-refractivity contribution in [1.82, 2.24) is 15.5 Å². The van der Waals surface area contributed by atoms with Crippen LogP contribution in [-0.2, 0) is 20.9 Å². The van der Waals surface area contributed by atoms with Crippen molar-refractivity contribution in [2.45, 2.75) is 31.5 Å². The summed E-state index contributed by atoms with van der Waals surface area (Å²) < 4.78 is 16.6. The van der Waals surface area contributed by atoms with E-state index in [1.807, 2.05) is 36.4 Å². The molecule has 0 radical (unpaired) electrons. The van der Waals surface area contributed by atoms with Crippen molar-refractivity contribution in [2.24, 2.45) is 0 Å². The Labute approximate surface area is 224 Å². The average molecular weight is 536 g/mol. The molecule has 1 aromatic heterocycles. The fraction of sp³-hybridized carbons (Fsp3) is 0.321. The van der Waals surface area contributed by atoms with Gasteiger partial charge in [-0.1, -0.05) is 42.5 Å². The van der Waals surface area contributed by atoms with Crippen molar-refractivity contribution in [2.75, 3.05) is 26.5 Å². The molecule has 3 amide bonds. The zero-order valence-corrected chi connectivity index (χ0v) is 21.6. The Morgan fingerprint density at radius 3 is 2.61 bits per heavy atom. The van der Waals surface area contributed by atoms with Crippen molar-refractivity contribution in [1.29, 1.82) is 0 Å². The van der Waals surface area contributed by atoms with Crippen molar-refractivity contribution >= 4 is 29.1 Å². The van der Waals surface area contributed by atoms with Gasteiger partial charge in [0.25, 0.3) is 5.91 Å². The summed E-state index contributed by atoms with van der Waals surface area (Å²) in [6.45, 7) is 1.04. The zero-order valence-electron chi connectivity index (χ0n) is 20.8. The van der Waals surface area contributed by atoms with Gasteiger partial charge in [0.05, 0.1) is 17.5 Å². The number of benzene rings is 2. The number of amides is 3. The number of nitrogens with one attached hydrogen (secondary N) is 2. The third kappa shape index (κ3) is 6.15. The SMILES string of the molecule is O=C(NCC(=O)N(Cc1ccc2c(c1)OCO2)C(C(=O)NCC1CCCO1)c1ccccc1)c1cccs1. The second-order valence-corrected chi connectivity index (χ2v) is 10.0. The van der Waals surface area contributed by atoms with Crippen LogP contribution in [0.1, 0.15) is 39.7 Å². The summed E-state index contributed by atoms with van der Waals surface area (Å²) in [6.07, 6.45) is 1.80. The fourth-order valence-corrected chi connectivity index (χ4v) is 5.18. The minimum Gasteiger partial charge on any atom is -0.454 e. The van der Waals surface area contributed by atoms with Crippen LogP contribution in [0.25, 0.3) is 0 Å². The second-order valence-electron chi connectivity index (χ2n) is 9.06. The largest absolute Gasteiger partial charge is 0.454 e. The molecule has 38 heavy (non-hydrogen) atoms. The number of carbonyl (C=O) groups excluding carboxylic acids is 3. The molecule has 1 saturated heterocycles. The molecule has 10 heteroatoms. The van der Waals surface area contributed by atoms with Gasteiger partial charge in [-0.05, 0) is 47.5 Å². The van der Waals surface area contributed by atoms with Crippen molar-refractivity contribution < 1.29 is 28.6 Å². The number of hydrogen-bond donors (Lipinski definition) is 2. The summed E-state index contributed by atoms with van der Waals surface area (Å²) in [5.41, 5.74) is 1.43. The summed E-state index contributed by atoms with van der Waals surface area (Å²) in [6, 6.07) is 17.1. The molecule has 0 aliphatic carbocycles. The molecule has 2 unspecified atom stereocenters. The van der Waals surface area contributed by atoms with Gasteiger partial charge in [-0.15, -0.1) is 11.3 Å². The van der Waals surface area contributed by atoms with E-state index in [-0.39, 0.29) is 37.8 Å². The van der Waals surface area contributed by atoms with Crippen LogP contribution in [0.4, 0.5) is 0 Å². The van der Waals surface area contributed by atoms with E-state index in [0.717, 1.165) is 18.4 Å². The van der Waals surface area contributed by atoms with Crippen LogP contribution in [-0.4, -0.2) is 55.2 Å². The first-order valence-corrected chi connectivity index (χ1v) is 13.4. The van der Waals surface area contributed by atoms with E-state index in [9.17, 15) is 14.4 Å². The van der Waals surface area contributed by atoms with E-state index < -0.39 is 11.9 Å². The molecule has 5 rings (SSSR count). The highest BCUT2D eigenvalue weighted by atomic mass is 32.1. The van der Waals surface area contributed by atoms with Crippen LogP contribution in [0.5, 0.6) is 11.5 Å². The van der Waals surface area contributed by atoms with E-state index in [1.165, 1.54) is 16.2 Å². The number of carbonyl (C=O) groups is 3. The predicted octanol–water partition coefficient (Wildman–Crippen LogP) is 3.27. The zero-order chi connectivity index (χ0) is 26.3. The van der Waals surface area contributed by atoms with Crippen LogP contribution in [0.15, 0.2) is 66.0 Å². The smallest absolute Gasteiger partial charge is 0.261 e. The molecule has 2 aliphatic heterocycles. The van der Waals surface area contributed by atoms with Crippen LogP contribution in [0.2, 0.25) is 0 Å².